The number of hydrogen-bond acceptors (Lipinski definition) is 3. The molecule has 3 rings (SSSR count). The number of rotatable bonds is 1. The molecule has 1 heterocycles. The Hall–Kier alpha value is -1.26. The molecule has 0 saturated heterocycles. The van der Waals surface area contributed by atoms with Gasteiger partial charge in [-0.15, -0.1) is 10.2 Å². The van der Waals surface area contributed by atoms with Gasteiger partial charge in [-0.2, -0.15) is 0 Å². The molecule has 2 nitrogen and oxygen atoms in total. The minimum Gasteiger partial charge on any atom is -0.137 e. The quantitative estimate of drug-likeness (QED) is 0.674. The molecule has 0 spiro atoms. The molecule has 1 aromatic heterocycles. The van der Waals surface area contributed by atoms with E-state index in [1.807, 2.05) is 18.2 Å². The fourth-order valence-corrected chi connectivity index (χ4v) is 2.88. The van der Waals surface area contributed by atoms with Crippen LogP contribution >= 0.6 is 27.3 Å². The summed E-state index contributed by atoms with van der Waals surface area (Å²) in [6.07, 6.45) is 0. The van der Waals surface area contributed by atoms with Gasteiger partial charge in [-0.05, 0) is 26.7 Å². The van der Waals surface area contributed by atoms with Gasteiger partial charge in [-0.25, -0.2) is 0 Å². The van der Waals surface area contributed by atoms with Crippen molar-refractivity contribution < 1.29 is 0 Å². The number of nitrogens with zero attached hydrogens (tertiary/aromatic N) is 2. The number of halogens is 1. The number of aromatic nitrogens is 2. The number of benzene rings is 2. The predicted molar refractivity (Wildman–Crippen MR) is 70.6 cm³/mol. The van der Waals surface area contributed by atoms with Crippen molar-refractivity contribution in [3.05, 3.63) is 46.4 Å². The largest absolute Gasteiger partial charge is 0.183 e. The van der Waals surface area contributed by atoms with E-state index in [9.17, 15) is 0 Å². The summed E-state index contributed by atoms with van der Waals surface area (Å²) in [5.41, 5.74) is 1.14. The van der Waals surface area contributed by atoms with Gasteiger partial charge in [0.1, 0.15) is 5.01 Å². The minimum atomic E-state index is 0.815. The number of hydrogen-bond donors (Lipinski definition) is 0. The molecule has 0 fully saturated rings. The molecule has 0 atom stereocenters. The molecule has 0 aliphatic heterocycles. The zero-order valence-electron chi connectivity index (χ0n) is 8.22. The van der Waals surface area contributed by atoms with Crippen LogP contribution in [0.25, 0.3) is 21.3 Å². The van der Waals surface area contributed by atoms with Crippen molar-refractivity contribution in [3.63, 3.8) is 0 Å². The Balaban J connectivity index is 2.31. The van der Waals surface area contributed by atoms with Gasteiger partial charge in [0, 0.05) is 5.56 Å². The van der Waals surface area contributed by atoms with E-state index in [4.69, 9.17) is 0 Å². The second-order valence-corrected chi connectivity index (χ2v) is 5.64. The average molecular weight is 291 g/mol. The lowest BCUT2D eigenvalue weighted by molar-refractivity contribution is 1.08. The van der Waals surface area contributed by atoms with Gasteiger partial charge in [0.15, 0.2) is 3.92 Å². The van der Waals surface area contributed by atoms with Crippen LogP contribution in [0.4, 0.5) is 0 Å². The third-order valence-corrected chi connectivity index (χ3v) is 3.81. The van der Waals surface area contributed by atoms with Crippen LogP contribution in [0.3, 0.4) is 0 Å². The van der Waals surface area contributed by atoms with E-state index in [0.717, 1.165) is 14.5 Å². The van der Waals surface area contributed by atoms with E-state index >= 15 is 0 Å². The van der Waals surface area contributed by atoms with Crippen LogP contribution in [-0.2, 0) is 0 Å². The Labute approximate surface area is 105 Å². The first-order valence-electron chi connectivity index (χ1n) is 4.82. The first kappa shape index (κ1) is 9.93. The fraction of sp³-hybridized carbons (Fsp3) is 0. The van der Waals surface area contributed by atoms with Crippen LogP contribution in [0.2, 0.25) is 0 Å². The highest BCUT2D eigenvalue weighted by Gasteiger charge is 2.07. The topological polar surface area (TPSA) is 25.8 Å². The summed E-state index contributed by atoms with van der Waals surface area (Å²) in [5.74, 6) is 0. The summed E-state index contributed by atoms with van der Waals surface area (Å²) in [5, 5.41) is 11.5. The Bertz CT molecular complexity index is 643. The van der Waals surface area contributed by atoms with Crippen LogP contribution in [-0.4, -0.2) is 10.2 Å². The van der Waals surface area contributed by atoms with E-state index in [0.29, 0.717) is 0 Å². The van der Waals surface area contributed by atoms with Gasteiger partial charge in [0.25, 0.3) is 0 Å². The molecule has 3 aromatic rings. The van der Waals surface area contributed by atoms with Gasteiger partial charge in [0.05, 0.1) is 0 Å². The first-order chi connectivity index (χ1) is 7.84. The number of fused-ring (bicyclic) bond motifs is 1. The third kappa shape index (κ3) is 1.64. The van der Waals surface area contributed by atoms with E-state index < -0.39 is 0 Å². The Morgan fingerprint density at radius 3 is 2.56 bits per heavy atom. The van der Waals surface area contributed by atoms with Crippen LogP contribution in [0.1, 0.15) is 0 Å². The molecule has 4 heteroatoms. The highest BCUT2D eigenvalue weighted by atomic mass is 79.9. The first-order valence-corrected chi connectivity index (χ1v) is 6.43. The maximum absolute atomic E-state index is 4.16. The molecule has 2 aromatic carbocycles. The molecule has 0 radical (unpaired) electrons. The molecule has 0 saturated carbocycles. The summed E-state index contributed by atoms with van der Waals surface area (Å²) < 4.78 is 0.815. The molecule has 0 aliphatic rings. The van der Waals surface area contributed by atoms with E-state index in [1.165, 1.54) is 10.8 Å². The highest BCUT2D eigenvalue weighted by Crippen LogP contribution is 2.31. The summed E-state index contributed by atoms with van der Waals surface area (Å²) in [6, 6.07) is 14.5. The van der Waals surface area contributed by atoms with Crippen molar-refractivity contribution in [2.45, 2.75) is 0 Å². The molecule has 0 amide bonds. The van der Waals surface area contributed by atoms with Gasteiger partial charge < -0.3 is 0 Å². The standard InChI is InChI=1S/C12H7BrN2S/c13-12-15-14-11(16-12)10-7-3-5-8-4-1-2-6-9(8)10/h1-7H. The maximum atomic E-state index is 4.16. The van der Waals surface area contributed by atoms with Crippen molar-refractivity contribution in [2.75, 3.05) is 0 Å². The van der Waals surface area contributed by atoms with Gasteiger partial charge in [0.2, 0.25) is 0 Å². The maximum Gasteiger partial charge on any atom is 0.183 e. The van der Waals surface area contributed by atoms with E-state index in [2.05, 4.69) is 50.4 Å². The monoisotopic (exact) mass is 290 g/mol. The van der Waals surface area contributed by atoms with Gasteiger partial charge in [-0.3, -0.25) is 0 Å². The van der Waals surface area contributed by atoms with Crippen LogP contribution < -0.4 is 0 Å². The lowest BCUT2D eigenvalue weighted by Gasteiger charge is -2.01. The zero-order valence-corrected chi connectivity index (χ0v) is 10.6. The van der Waals surface area contributed by atoms with E-state index in [1.54, 1.807) is 11.3 Å². The van der Waals surface area contributed by atoms with Gasteiger partial charge >= 0.3 is 0 Å². The second-order valence-electron chi connectivity index (χ2n) is 3.39. The van der Waals surface area contributed by atoms with Crippen molar-refractivity contribution in [3.8, 4) is 10.6 Å². The minimum absolute atomic E-state index is 0.815. The Morgan fingerprint density at radius 1 is 0.938 bits per heavy atom. The summed E-state index contributed by atoms with van der Waals surface area (Å²) in [4.78, 5) is 0. The lowest BCUT2D eigenvalue weighted by Crippen LogP contribution is -1.80. The van der Waals surface area contributed by atoms with Crippen LogP contribution in [0.5, 0.6) is 0 Å². The second kappa shape index (κ2) is 3.96. The summed E-state index contributed by atoms with van der Waals surface area (Å²) in [7, 11) is 0. The molecule has 16 heavy (non-hydrogen) atoms. The third-order valence-electron chi connectivity index (χ3n) is 2.42. The van der Waals surface area contributed by atoms with Crippen molar-refractivity contribution in [1.29, 1.82) is 0 Å². The predicted octanol–water partition coefficient (Wildman–Crippen LogP) is 4.12. The molecular weight excluding hydrogens is 284 g/mol. The fourth-order valence-electron chi connectivity index (χ4n) is 1.73. The van der Waals surface area contributed by atoms with Crippen molar-refractivity contribution in [1.82, 2.24) is 10.2 Å². The van der Waals surface area contributed by atoms with Crippen LogP contribution in [0.15, 0.2) is 46.4 Å². The lowest BCUT2D eigenvalue weighted by atomic mass is 10.1. The smallest absolute Gasteiger partial charge is 0.137 e. The summed E-state index contributed by atoms with van der Waals surface area (Å²) in [6.45, 7) is 0. The van der Waals surface area contributed by atoms with Crippen LogP contribution in [0, 0.1) is 0 Å². The Kier molecular flexibility index (Phi) is 2.46. The molecule has 0 unspecified atom stereocenters. The highest BCUT2D eigenvalue weighted by molar-refractivity contribution is 9.11. The molecule has 0 N–H and O–H groups in total. The average Bonchev–Trinajstić information content (AvgIpc) is 2.75. The summed E-state index contributed by atoms with van der Waals surface area (Å²) >= 11 is 4.89. The SMILES string of the molecule is Brc1nnc(-c2cccc3ccccc23)s1. The van der Waals surface area contributed by atoms with Crippen molar-refractivity contribution >= 4 is 38.0 Å². The normalized spacial score (nSPS) is 10.8. The van der Waals surface area contributed by atoms with Crippen molar-refractivity contribution in [2.24, 2.45) is 0 Å². The molecule has 0 aliphatic carbocycles. The zero-order chi connectivity index (χ0) is 11.0. The van der Waals surface area contributed by atoms with Gasteiger partial charge in [-0.1, -0.05) is 53.8 Å². The van der Waals surface area contributed by atoms with E-state index in [-0.39, 0.29) is 0 Å². The molecular formula is C12H7BrN2S. The molecule has 78 valence electrons. The molecule has 0 bridgehead atoms. The Morgan fingerprint density at radius 2 is 1.75 bits per heavy atom.